The lowest BCUT2D eigenvalue weighted by Crippen LogP contribution is -2.42. The predicted molar refractivity (Wildman–Crippen MR) is 98.1 cm³/mol. The molecule has 0 bridgehead atoms. The molecule has 2 saturated heterocycles. The van der Waals surface area contributed by atoms with Gasteiger partial charge in [0.2, 0.25) is 0 Å². The van der Waals surface area contributed by atoms with E-state index in [-0.39, 0.29) is 11.9 Å². The van der Waals surface area contributed by atoms with Gasteiger partial charge < -0.3 is 15.4 Å². The van der Waals surface area contributed by atoms with Crippen LogP contribution >= 0.6 is 0 Å². The van der Waals surface area contributed by atoms with E-state index < -0.39 is 0 Å². The molecule has 2 aliphatic heterocycles. The van der Waals surface area contributed by atoms with Gasteiger partial charge in [0, 0.05) is 26.2 Å². The van der Waals surface area contributed by atoms with Crippen molar-refractivity contribution in [2.24, 2.45) is 10.7 Å². The molecule has 0 aromatic heterocycles. The summed E-state index contributed by atoms with van der Waals surface area (Å²) in [4.78, 5) is 9.19. The third kappa shape index (κ3) is 5.16. The van der Waals surface area contributed by atoms with Crippen molar-refractivity contribution < 1.29 is 9.13 Å². The van der Waals surface area contributed by atoms with Crippen LogP contribution in [-0.4, -0.2) is 61.7 Å². The highest BCUT2D eigenvalue weighted by Gasteiger charge is 2.23. The van der Waals surface area contributed by atoms with Crippen LogP contribution in [0, 0.1) is 5.82 Å². The standard InChI is InChI=1S/C19H29FN4O/c20-17-7-5-6-16(14-17)18(23-10-12-25-13-11-23)15-22-19(21)24-8-3-1-2-4-9-24/h5-7,14,18H,1-4,8-13,15H2,(H2,21,22). The zero-order valence-corrected chi connectivity index (χ0v) is 14.9. The maximum atomic E-state index is 13.7. The van der Waals surface area contributed by atoms with Crippen molar-refractivity contribution in [3.63, 3.8) is 0 Å². The first-order chi connectivity index (χ1) is 12.2. The number of ether oxygens (including phenoxy) is 1. The Bertz CT molecular complexity index is 566. The Hall–Kier alpha value is -1.66. The van der Waals surface area contributed by atoms with E-state index >= 15 is 0 Å². The molecule has 1 aromatic rings. The summed E-state index contributed by atoms with van der Waals surface area (Å²) in [5.74, 6) is 0.414. The molecule has 2 aliphatic rings. The number of nitrogens with zero attached hydrogens (tertiary/aromatic N) is 3. The Morgan fingerprint density at radius 3 is 2.52 bits per heavy atom. The molecule has 3 rings (SSSR count). The molecule has 0 spiro atoms. The summed E-state index contributed by atoms with van der Waals surface area (Å²) < 4.78 is 19.2. The topological polar surface area (TPSA) is 54.1 Å². The van der Waals surface area contributed by atoms with Gasteiger partial charge in [-0.2, -0.15) is 0 Å². The average Bonchev–Trinajstić information content (AvgIpc) is 2.92. The van der Waals surface area contributed by atoms with Gasteiger partial charge in [-0.05, 0) is 30.5 Å². The van der Waals surface area contributed by atoms with Crippen molar-refractivity contribution in [2.75, 3.05) is 45.9 Å². The maximum Gasteiger partial charge on any atom is 0.191 e. The fourth-order valence-corrected chi connectivity index (χ4v) is 3.61. The largest absolute Gasteiger partial charge is 0.379 e. The number of likely N-dealkylation sites (tertiary alicyclic amines) is 1. The van der Waals surface area contributed by atoms with Crippen molar-refractivity contribution in [2.45, 2.75) is 31.7 Å². The van der Waals surface area contributed by atoms with Crippen molar-refractivity contribution in [3.05, 3.63) is 35.6 Å². The summed E-state index contributed by atoms with van der Waals surface area (Å²) in [6.45, 7) is 5.59. The Kier molecular flexibility index (Phi) is 6.64. The van der Waals surface area contributed by atoms with Gasteiger partial charge in [0.25, 0.3) is 0 Å². The number of morpholine rings is 1. The van der Waals surface area contributed by atoms with E-state index in [2.05, 4.69) is 14.8 Å². The summed E-state index contributed by atoms with van der Waals surface area (Å²) in [5.41, 5.74) is 7.22. The third-order valence-corrected chi connectivity index (χ3v) is 5.08. The molecule has 1 atom stereocenters. The number of hydrogen-bond acceptors (Lipinski definition) is 3. The molecule has 0 saturated carbocycles. The summed E-state index contributed by atoms with van der Waals surface area (Å²) in [6, 6.07) is 6.86. The number of guanidine groups is 1. The van der Waals surface area contributed by atoms with Crippen LogP contribution in [0.1, 0.15) is 37.3 Å². The van der Waals surface area contributed by atoms with E-state index in [1.807, 2.05) is 6.07 Å². The van der Waals surface area contributed by atoms with Gasteiger partial charge in [-0.15, -0.1) is 0 Å². The molecule has 0 aliphatic carbocycles. The molecule has 1 unspecified atom stereocenters. The van der Waals surface area contributed by atoms with Crippen LogP contribution in [0.2, 0.25) is 0 Å². The lowest BCUT2D eigenvalue weighted by molar-refractivity contribution is 0.0179. The lowest BCUT2D eigenvalue weighted by Gasteiger charge is -2.34. The van der Waals surface area contributed by atoms with E-state index in [4.69, 9.17) is 10.5 Å². The average molecular weight is 348 g/mol. The van der Waals surface area contributed by atoms with E-state index in [1.54, 1.807) is 12.1 Å². The number of nitrogens with two attached hydrogens (primary N) is 1. The molecule has 0 amide bonds. The van der Waals surface area contributed by atoms with Gasteiger partial charge >= 0.3 is 0 Å². The number of rotatable bonds is 4. The highest BCUT2D eigenvalue weighted by molar-refractivity contribution is 5.78. The van der Waals surface area contributed by atoms with Crippen LogP contribution in [0.4, 0.5) is 4.39 Å². The van der Waals surface area contributed by atoms with Crippen molar-refractivity contribution in [1.82, 2.24) is 9.80 Å². The molecule has 6 heteroatoms. The molecule has 25 heavy (non-hydrogen) atoms. The SMILES string of the molecule is NC(=NCC(c1cccc(F)c1)N1CCOCC1)N1CCCCCC1. The maximum absolute atomic E-state index is 13.7. The van der Waals surface area contributed by atoms with Crippen LogP contribution in [0.3, 0.4) is 0 Å². The summed E-state index contributed by atoms with van der Waals surface area (Å²) in [5, 5.41) is 0. The van der Waals surface area contributed by atoms with Crippen LogP contribution in [0.15, 0.2) is 29.3 Å². The second-order valence-electron chi connectivity index (χ2n) is 6.82. The third-order valence-electron chi connectivity index (χ3n) is 5.08. The molecular formula is C19H29FN4O. The second-order valence-corrected chi connectivity index (χ2v) is 6.82. The van der Waals surface area contributed by atoms with Gasteiger partial charge in [0.15, 0.2) is 5.96 Å². The second kappa shape index (κ2) is 9.15. The highest BCUT2D eigenvalue weighted by atomic mass is 19.1. The fourth-order valence-electron chi connectivity index (χ4n) is 3.61. The molecule has 0 radical (unpaired) electrons. The first kappa shape index (κ1) is 18.1. The Morgan fingerprint density at radius 2 is 1.84 bits per heavy atom. The summed E-state index contributed by atoms with van der Waals surface area (Å²) in [7, 11) is 0. The smallest absolute Gasteiger partial charge is 0.191 e. The predicted octanol–water partition coefficient (Wildman–Crippen LogP) is 2.39. The summed E-state index contributed by atoms with van der Waals surface area (Å²) >= 11 is 0. The zero-order valence-electron chi connectivity index (χ0n) is 14.9. The minimum atomic E-state index is -0.208. The van der Waals surface area contributed by atoms with Gasteiger partial charge in [-0.25, -0.2) is 4.39 Å². The summed E-state index contributed by atoms with van der Waals surface area (Å²) in [6.07, 6.45) is 4.88. The molecule has 138 valence electrons. The Morgan fingerprint density at radius 1 is 1.12 bits per heavy atom. The minimum absolute atomic E-state index is 0.0325. The number of aliphatic imine (C=N–C) groups is 1. The van der Waals surface area contributed by atoms with Gasteiger partial charge in [-0.3, -0.25) is 9.89 Å². The van der Waals surface area contributed by atoms with Gasteiger partial charge in [0.05, 0.1) is 25.8 Å². The number of benzene rings is 1. The zero-order chi connectivity index (χ0) is 17.5. The minimum Gasteiger partial charge on any atom is -0.379 e. The molecular weight excluding hydrogens is 319 g/mol. The van der Waals surface area contributed by atoms with Crippen LogP contribution < -0.4 is 5.73 Å². The molecule has 2 fully saturated rings. The van der Waals surface area contributed by atoms with Crippen LogP contribution in [0.25, 0.3) is 0 Å². The number of halogens is 1. The lowest BCUT2D eigenvalue weighted by atomic mass is 10.0. The van der Waals surface area contributed by atoms with E-state index in [1.165, 1.54) is 31.7 Å². The normalized spacial score (nSPS) is 21.8. The van der Waals surface area contributed by atoms with Crippen molar-refractivity contribution in [1.29, 1.82) is 0 Å². The van der Waals surface area contributed by atoms with Crippen LogP contribution in [0.5, 0.6) is 0 Å². The fraction of sp³-hybridized carbons (Fsp3) is 0.632. The Balaban J connectivity index is 1.73. The highest BCUT2D eigenvalue weighted by Crippen LogP contribution is 2.23. The monoisotopic (exact) mass is 348 g/mol. The van der Waals surface area contributed by atoms with E-state index in [0.29, 0.717) is 25.7 Å². The first-order valence-corrected chi connectivity index (χ1v) is 9.36. The Labute approximate surface area is 149 Å². The molecule has 2 heterocycles. The van der Waals surface area contributed by atoms with E-state index in [9.17, 15) is 4.39 Å². The van der Waals surface area contributed by atoms with Crippen LogP contribution in [-0.2, 0) is 4.74 Å². The number of hydrogen-bond donors (Lipinski definition) is 1. The first-order valence-electron chi connectivity index (χ1n) is 9.36. The molecule has 1 aromatic carbocycles. The van der Waals surface area contributed by atoms with E-state index in [0.717, 1.165) is 31.7 Å². The quantitative estimate of drug-likeness (QED) is 0.671. The van der Waals surface area contributed by atoms with Crippen molar-refractivity contribution in [3.8, 4) is 0 Å². The van der Waals surface area contributed by atoms with Crippen molar-refractivity contribution >= 4 is 5.96 Å². The molecule has 5 nitrogen and oxygen atoms in total. The molecule has 2 N–H and O–H groups in total. The van der Waals surface area contributed by atoms with Gasteiger partial charge in [0.1, 0.15) is 5.82 Å². The van der Waals surface area contributed by atoms with Gasteiger partial charge in [-0.1, -0.05) is 25.0 Å².